The molecule has 0 bridgehead atoms. The van der Waals surface area contributed by atoms with Gasteiger partial charge in [-0.2, -0.15) is 0 Å². The molecule has 0 spiro atoms. The largest absolute Gasteiger partial charge is 0.490 e. The summed E-state index contributed by atoms with van der Waals surface area (Å²) < 4.78 is 22.3. The molecule has 1 unspecified atom stereocenters. The Morgan fingerprint density at radius 3 is 1.57 bits per heavy atom. The SMILES string of the molecule is C=CCc1cc(-c2ccc(OC[C@H]3CO3)c(CC=C)c2)ccc1OCC1CO1. The van der Waals surface area contributed by atoms with Crippen LogP contribution in [0.5, 0.6) is 11.5 Å². The molecule has 2 aliphatic heterocycles. The summed E-state index contributed by atoms with van der Waals surface area (Å²) in [5, 5.41) is 0. The first-order chi connectivity index (χ1) is 13.8. The molecule has 0 amide bonds. The first kappa shape index (κ1) is 18.8. The van der Waals surface area contributed by atoms with Crippen molar-refractivity contribution < 1.29 is 18.9 Å². The predicted molar refractivity (Wildman–Crippen MR) is 110 cm³/mol. The van der Waals surface area contributed by atoms with Crippen LogP contribution in [0.1, 0.15) is 11.1 Å². The van der Waals surface area contributed by atoms with Gasteiger partial charge in [-0.05, 0) is 59.4 Å². The Hall–Kier alpha value is -2.56. The zero-order valence-electron chi connectivity index (χ0n) is 16.1. The van der Waals surface area contributed by atoms with Crippen LogP contribution >= 0.6 is 0 Å². The van der Waals surface area contributed by atoms with Crippen molar-refractivity contribution >= 4 is 0 Å². The minimum Gasteiger partial charge on any atom is -0.490 e. The molecule has 0 saturated carbocycles. The fourth-order valence-corrected chi connectivity index (χ4v) is 3.12. The van der Waals surface area contributed by atoms with E-state index in [2.05, 4.69) is 37.4 Å². The van der Waals surface area contributed by atoms with Crippen LogP contribution in [0.4, 0.5) is 0 Å². The lowest BCUT2D eigenvalue weighted by molar-refractivity contribution is 0.261. The summed E-state index contributed by atoms with van der Waals surface area (Å²) in [5.41, 5.74) is 4.55. The Bertz CT molecular complexity index is 778. The van der Waals surface area contributed by atoms with E-state index >= 15 is 0 Å². The van der Waals surface area contributed by atoms with Gasteiger partial charge in [-0.15, -0.1) is 13.2 Å². The second kappa shape index (κ2) is 8.63. The minimum atomic E-state index is 0.242. The Morgan fingerprint density at radius 1 is 0.786 bits per heavy atom. The summed E-state index contributed by atoms with van der Waals surface area (Å²) in [6.07, 6.45) is 5.81. The Morgan fingerprint density at radius 2 is 1.21 bits per heavy atom. The molecular formula is C24H26O4. The topological polar surface area (TPSA) is 43.5 Å². The molecule has 0 radical (unpaired) electrons. The maximum absolute atomic E-state index is 5.93. The van der Waals surface area contributed by atoms with E-state index in [0.717, 1.165) is 59.8 Å². The number of hydrogen-bond donors (Lipinski definition) is 0. The van der Waals surface area contributed by atoms with E-state index in [1.807, 2.05) is 24.3 Å². The maximum Gasteiger partial charge on any atom is 0.122 e. The van der Waals surface area contributed by atoms with Gasteiger partial charge in [0.1, 0.15) is 36.9 Å². The number of epoxide rings is 2. The highest BCUT2D eigenvalue weighted by Crippen LogP contribution is 2.32. The van der Waals surface area contributed by atoms with E-state index in [0.29, 0.717) is 13.2 Å². The summed E-state index contributed by atoms with van der Waals surface area (Å²) in [6, 6.07) is 12.6. The minimum absolute atomic E-state index is 0.242. The van der Waals surface area contributed by atoms with Gasteiger partial charge in [0.05, 0.1) is 13.2 Å². The van der Waals surface area contributed by atoms with Gasteiger partial charge in [-0.3, -0.25) is 0 Å². The zero-order valence-corrected chi connectivity index (χ0v) is 16.1. The van der Waals surface area contributed by atoms with Crippen molar-refractivity contribution in [3.05, 3.63) is 72.8 Å². The lowest BCUT2D eigenvalue weighted by Gasteiger charge is -2.14. The van der Waals surface area contributed by atoms with Gasteiger partial charge >= 0.3 is 0 Å². The summed E-state index contributed by atoms with van der Waals surface area (Å²) in [7, 11) is 0. The van der Waals surface area contributed by atoms with E-state index in [-0.39, 0.29) is 12.2 Å². The Balaban J connectivity index is 1.56. The molecule has 0 aromatic heterocycles. The predicted octanol–water partition coefficient (Wildman–Crippen LogP) is 4.37. The van der Waals surface area contributed by atoms with Gasteiger partial charge in [-0.1, -0.05) is 24.3 Å². The summed E-state index contributed by atoms with van der Waals surface area (Å²) in [6.45, 7) is 10.5. The van der Waals surface area contributed by atoms with Crippen LogP contribution in [0.15, 0.2) is 61.7 Å². The number of rotatable bonds is 11. The second-order valence-electron chi connectivity index (χ2n) is 7.16. The van der Waals surface area contributed by atoms with E-state index < -0.39 is 0 Å². The Labute approximate surface area is 166 Å². The highest BCUT2D eigenvalue weighted by molar-refractivity contribution is 5.68. The fraction of sp³-hybridized carbons (Fsp3) is 0.333. The van der Waals surface area contributed by atoms with E-state index in [1.165, 1.54) is 0 Å². The lowest BCUT2D eigenvalue weighted by Crippen LogP contribution is -2.06. The number of benzene rings is 2. The molecule has 4 rings (SSSR count). The van der Waals surface area contributed by atoms with Crippen LogP contribution in [0.2, 0.25) is 0 Å². The summed E-state index contributed by atoms with van der Waals surface area (Å²) >= 11 is 0. The smallest absolute Gasteiger partial charge is 0.122 e. The molecule has 28 heavy (non-hydrogen) atoms. The molecular weight excluding hydrogens is 352 g/mol. The standard InChI is InChI=1S/C24H26O4/c1-3-5-19-11-17(7-9-23(19)27-15-21-13-25-21)18-8-10-24(20(12-18)6-4-2)28-16-22-14-26-22/h3-4,7-12,21-22H,1-2,5-6,13-16H2/t21-,22?/m1/s1. The molecule has 146 valence electrons. The average molecular weight is 378 g/mol. The third kappa shape index (κ3) is 4.83. The van der Waals surface area contributed by atoms with Gasteiger partial charge < -0.3 is 18.9 Å². The first-order valence-corrected chi connectivity index (χ1v) is 9.73. The van der Waals surface area contributed by atoms with Crippen LogP contribution in [0.3, 0.4) is 0 Å². The molecule has 0 N–H and O–H groups in total. The molecule has 2 aromatic carbocycles. The molecule has 4 heteroatoms. The van der Waals surface area contributed by atoms with Crippen molar-refractivity contribution in [2.45, 2.75) is 25.0 Å². The summed E-state index contributed by atoms with van der Waals surface area (Å²) in [4.78, 5) is 0. The second-order valence-corrected chi connectivity index (χ2v) is 7.16. The van der Waals surface area contributed by atoms with Crippen LogP contribution < -0.4 is 9.47 Å². The number of allylic oxidation sites excluding steroid dienone is 2. The lowest BCUT2D eigenvalue weighted by atomic mass is 9.98. The van der Waals surface area contributed by atoms with Crippen molar-refractivity contribution in [1.82, 2.24) is 0 Å². The van der Waals surface area contributed by atoms with Crippen molar-refractivity contribution in [3.63, 3.8) is 0 Å². The van der Waals surface area contributed by atoms with Gasteiger partial charge in [0.25, 0.3) is 0 Å². The highest BCUT2D eigenvalue weighted by Gasteiger charge is 2.24. The molecule has 2 aromatic rings. The van der Waals surface area contributed by atoms with Crippen molar-refractivity contribution in [3.8, 4) is 22.6 Å². The quantitative estimate of drug-likeness (QED) is 0.430. The van der Waals surface area contributed by atoms with Crippen molar-refractivity contribution in [1.29, 1.82) is 0 Å². The molecule has 2 saturated heterocycles. The van der Waals surface area contributed by atoms with Crippen LogP contribution in [-0.2, 0) is 22.3 Å². The maximum atomic E-state index is 5.93. The van der Waals surface area contributed by atoms with Gasteiger partial charge in [0.15, 0.2) is 0 Å². The van der Waals surface area contributed by atoms with E-state index in [4.69, 9.17) is 18.9 Å². The molecule has 0 aliphatic carbocycles. The van der Waals surface area contributed by atoms with Crippen LogP contribution in [-0.4, -0.2) is 38.6 Å². The monoisotopic (exact) mass is 378 g/mol. The van der Waals surface area contributed by atoms with E-state index in [9.17, 15) is 0 Å². The fourth-order valence-electron chi connectivity index (χ4n) is 3.12. The number of hydrogen-bond acceptors (Lipinski definition) is 4. The van der Waals surface area contributed by atoms with Crippen LogP contribution in [0.25, 0.3) is 11.1 Å². The van der Waals surface area contributed by atoms with Gasteiger partial charge in [0.2, 0.25) is 0 Å². The zero-order chi connectivity index (χ0) is 19.3. The molecule has 2 aliphatic rings. The average Bonchev–Trinajstić information content (AvgIpc) is 3.62. The van der Waals surface area contributed by atoms with Crippen LogP contribution in [0, 0.1) is 0 Å². The summed E-state index contributed by atoms with van der Waals surface area (Å²) in [5.74, 6) is 1.80. The number of ether oxygens (including phenoxy) is 4. The molecule has 2 atom stereocenters. The van der Waals surface area contributed by atoms with Crippen molar-refractivity contribution in [2.24, 2.45) is 0 Å². The van der Waals surface area contributed by atoms with Gasteiger partial charge in [0, 0.05) is 0 Å². The molecule has 2 fully saturated rings. The molecule has 2 heterocycles. The van der Waals surface area contributed by atoms with Gasteiger partial charge in [-0.25, -0.2) is 0 Å². The third-order valence-electron chi connectivity index (χ3n) is 4.84. The highest BCUT2D eigenvalue weighted by atomic mass is 16.6. The van der Waals surface area contributed by atoms with E-state index in [1.54, 1.807) is 0 Å². The Kier molecular flexibility index (Phi) is 5.79. The normalized spacial score (nSPS) is 19.7. The van der Waals surface area contributed by atoms with Crippen molar-refractivity contribution in [2.75, 3.05) is 26.4 Å². The molecule has 4 nitrogen and oxygen atoms in total. The first-order valence-electron chi connectivity index (χ1n) is 9.73. The third-order valence-corrected chi connectivity index (χ3v) is 4.84.